The first-order chi connectivity index (χ1) is 12.7. The van der Waals surface area contributed by atoms with Crippen LogP contribution >= 0.6 is 0 Å². The molecular formula is C22H28O5. The summed E-state index contributed by atoms with van der Waals surface area (Å²) < 4.78 is 17.2. The largest absolute Gasteiger partial charge is 0.490 e. The fraction of sp³-hybridized carbons (Fsp3) is 0.409. The van der Waals surface area contributed by atoms with Gasteiger partial charge >= 0.3 is 5.97 Å². The zero-order valence-electron chi connectivity index (χ0n) is 16.7. The van der Waals surface area contributed by atoms with Gasteiger partial charge in [-0.1, -0.05) is 38.5 Å². The van der Waals surface area contributed by atoms with Crippen LogP contribution in [0.1, 0.15) is 49.2 Å². The third kappa shape index (κ3) is 5.64. The standard InChI is InChI=1S/C22H28O5/c1-6-25-20-14-16(21(23)24)8-10-19(20)27-12-11-26-18-9-7-15(2)13-17(18)22(3,4)5/h7-10,13-14H,6,11-12H2,1-5H3,(H,23,24). The van der Waals surface area contributed by atoms with Crippen LogP contribution < -0.4 is 14.2 Å². The topological polar surface area (TPSA) is 65.0 Å². The summed E-state index contributed by atoms with van der Waals surface area (Å²) in [6.45, 7) is 11.5. The lowest BCUT2D eigenvalue weighted by molar-refractivity contribution is 0.0696. The molecule has 0 aliphatic heterocycles. The predicted molar refractivity (Wildman–Crippen MR) is 105 cm³/mol. The smallest absolute Gasteiger partial charge is 0.335 e. The molecule has 5 nitrogen and oxygen atoms in total. The van der Waals surface area contributed by atoms with Crippen molar-refractivity contribution in [1.29, 1.82) is 0 Å². The minimum atomic E-state index is -1.00. The summed E-state index contributed by atoms with van der Waals surface area (Å²) in [7, 11) is 0. The molecule has 0 spiro atoms. The van der Waals surface area contributed by atoms with Crippen molar-refractivity contribution in [2.75, 3.05) is 19.8 Å². The van der Waals surface area contributed by atoms with Gasteiger partial charge in [-0.05, 0) is 49.1 Å². The molecule has 0 saturated carbocycles. The minimum Gasteiger partial charge on any atom is -0.490 e. The van der Waals surface area contributed by atoms with Gasteiger partial charge in [0.2, 0.25) is 0 Å². The summed E-state index contributed by atoms with van der Waals surface area (Å²) in [6.07, 6.45) is 0. The fourth-order valence-corrected chi connectivity index (χ4v) is 2.69. The van der Waals surface area contributed by atoms with E-state index in [4.69, 9.17) is 19.3 Å². The van der Waals surface area contributed by atoms with Crippen LogP contribution in [0.5, 0.6) is 17.2 Å². The van der Waals surface area contributed by atoms with E-state index in [1.807, 2.05) is 19.1 Å². The number of aromatic carboxylic acids is 1. The van der Waals surface area contributed by atoms with Crippen LogP contribution in [0.3, 0.4) is 0 Å². The number of carboxylic acids is 1. The molecule has 2 aromatic carbocycles. The molecule has 0 aliphatic rings. The van der Waals surface area contributed by atoms with Crippen molar-refractivity contribution in [2.24, 2.45) is 0 Å². The molecule has 0 amide bonds. The van der Waals surface area contributed by atoms with E-state index < -0.39 is 5.97 Å². The normalized spacial score (nSPS) is 11.1. The average Bonchev–Trinajstić information content (AvgIpc) is 2.60. The van der Waals surface area contributed by atoms with Crippen LogP contribution in [-0.4, -0.2) is 30.9 Å². The molecule has 0 heterocycles. The number of aryl methyl sites for hydroxylation is 1. The van der Waals surface area contributed by atoms with Gasteiger partial charge < -0.3 is 19.3 Å². The predicted octanol–water partition coefficient (Wildman–Crippen LogP) is 4.85. The lowest BCUT2D eigenvalue weighted by Gasteiger charge is -2.23. The molecule has 0 aliphatic carbocycles. The van der Waals surface area contributed by atoms with E-state index in [2.05, 4.69) is 33.8 Å². The quantitative estimate of drug-likeness (QED) is 0.671. The molecule has 0 aromatic heterocycles. The van der Waals surface area contributed by atoms with Gasteiger partial charge in [-0.3, -0.25) is 0 Å². The maximum atomic E-state index is 11.1. The van der Waals surface area contributed by atoms with Gasteiger partial charge in [0.05, 0.1) is 12.2 Å². The second-order valence-electron chi connectivity index (χ2n) is 7.35. The van der Waals surface area contributed by atoms with E-state index in [0.717, 1.165) is 11.3 Å². The molecule has 2 rings (SSSR count). The van der Waals surface area contributed by atoms with Gasteiger partial charge in [0.1, 0.15) is 19.0 Å². The van der Waals surface area contributed by atoms with Crippen LogP contribution in [0.4, 0.5) is 0 Å². The number of carbonyl (C=O) groups is 1. The molecule has 27 heavy (non-hydrogen) atoms. The molecular weight excluding hydrogens is 344 g/mol. The molecule has 0 radical (unpaired) electrons. The van der Waals surface area contributed by atoms with Gasteiger partial charge in [-0.25, -0.2) is 4.79 Å². The first kappa shape index (κ1) is 20.6. The van der Waals surface area contributed by atoms with Crippen LogP contribution in [0, 0.1) is 6.92 Å². The van der Waals surface area contributed by atoms with Gasteiger partial charge in [-0.2, -0.15) is 0 Å². The fourth-order valence-electron chi connectivity index (χ4n) is 2.69. The Kier molecular flexibility index (Phi) is 6.72. The van der Waals surface area contributed by atoms with E-state index in [-0.39, 0.29) is 11.0 Å². The van der Waals surface area contributed by atoms with Crippen molar-refractivity contribution in [3.8, 4) is 17.2 Å². The highest BCUT2D eigenvalue weighted by Gasteiger charge is 2.19. The van der Waals surface area contributed by atoms with Crippen molar-refractivity contribution < 1.29 is 24.1 Å². The van der Waals surface area contributed by atoms with E-state index in [9.17, 15) is 4.79 Å². The van der Waals surface area contributed by atoms with Crippen LogP contribution in [0.15, 0.2) is 36.4 Å². The maximum absolute atomic E-state index is 11.1. The van der Waals surface area contributed by atoms with Gasteiger partial charge in [0.25, 0.3) is 0 Å². The number of ether oxygens (including phenoxy) is 3. The van der Waals surface area contributed by atoms with Crippen LogP contribution in [0.25, 0.3) is 0 Å². The van der Waals surface area contributed by atoms with Crippen LogP contribution in [0.2, 0.25) is 0 Å². The number of benzene rings is 2. The molecule has 1 N–H and O–H groups in total. The van der Waals surface area contributed by atoms with Gasteiger partial charge in [0.15, 0.2) is 11.5 Å². The molecule has 146 valence electrons. The summed E-state index contributed by atoms with van der Waals surface area (Å²) in [5.74, 6) is 0.774. The molecule has 0 bridgehead atoms. The van der Waals surface area contributed by atoms with Crippen LogP contribution in [-0.2, 0) is 5.41 Å². The summed E-state index contributed by atoms with van der Waals surface area (Å²) in [5, 5.41) is 9.10. The van der Waals surface area contributed by atoms with Crippen molar-refractivity contribution in [1.82, 2.24) is 0 Å². The Labute approximate surface area is 160 Å². The second kappa shape index (κ2) is 8.80. The number of hydrogen-bond acceptors (Lipinski definition) is 4. The van der Waals surface area contributed by atoms with Crippen molar-refractivity contribution in [2.45, 2.75) is 40.0 Å². The number of rotatable bonds is 8. The third-order valence-electron chi connectivity index (χ3n) is 4.03. The van der Waals surface area contributed by atoms with Crippen molar-refractivity contribution >= 4 is 5.97 Å². The van der Waals surface area contributed by atoms with Crippen molar-refractivity contribution in [3.63, 3.8) is 0 Å². The lowest BCUT2D eigenvalue weighted by Crippen LogP contribution is -2.16. The first-order valence-corrected chi connectivity index (χ1v) is 9.09. The highest BCUT2D eigenvalue weighted by Crippen LogP contribution is 2.32. The molecule has 0 fully saturated rings. The molecule has 2 aromatic rings. The summed E-state index contributed by atoms with van der Waals surface area (Å²) in [4.78, 5) is 11.1. The molecule has 0 unspecified atom stereocenters. The van der Waals surface area contributed by atoms with E-state index >= 15 is 0 Å². The number of carboxylic acid groups (broad SMARTS) is 1. The minimum absolute atomic E-state index is 0.0169. The molecule has 0 saturated heterocycles. The van der Waals surface area contributed by atoms with Gasteiger partial charge in [-0.15, -0.1) is 0 Å². The number of hydrogen-bond donors (Lipinski definition) is 1. The zero-order chi connectivity index (χ0) is 20.0. The molecule has 0 atom stereocenters. The Bertz CT molecular complexity index is 790. The highest BCUT2D eigenvalue weighted by molar-refractivity contribution is 5.88. The van der Waals surface area contributed by atoms with E-state index in [1.165, 1.54) is 17.7 Å². The average molecular weight is 372 g/mol. The SMILES string of the molecule is CCOc1cc(C(=O)O)ccc1OCCOc1ccc(C)cc1C(C)(C)C. The zero-order valence-corrected chi connectivity index (χ0v) is 16.7. The Hall–Kier alpha value is -2.69. The first-order valence-electron chi connectivity index (χ1n) is 9.09. The Morgan fingerprint density at radius 3 is 2.15 bits per heavy atom. The lowest BCUT2D eigenvalue weighted by atomic mass is 9.85. The Morgan fingerprint density at radius 2 is 1.56 bits per heavy atom. The van der Waals surface area contributed by atoms with Crippen molar-refractivity contribution in [3.05, 3.63) is 53.1 Å². The summed E-state index contributed by atoms with van der Waals surface area (Å²) >= 11 is 0. The van der Waals surface area contributed by atoms with E-state index in [0.29, 0.717) is 31.3 Å². The highest BCUT2D eigenvalue weighted by atomic mass is 16.5. The Balaban J connectivity index is 2.03. The summed E-state index contributed by atoms with van der Waals surface area (Å²) in [5.41, 5.74) is 2.50. The second-order valence-corrected chi connectivity index (χ2v) is 7.35. The van der Waals surface area contributed by atoms with Gasteiger partial charge in [0, 0.05) is 0 Å². The Morgan fingerprint density at radius 1 is 0.926 bits per heavy atom. The van der Waals surface area contributed by atoms with E-state index in [1.54, 1.807) is 6.07 Å². The summed E-state index contributed by atoms with van der Waals surface area (Å²) in [6, 6.07) is 10.7. The maximum Gasteiger partial charge on any atom is 0.335 e. The molecule has 5 heteroatoms. The third-order valence-corrected chi connectivity index (χ3v) is 4.03. The monoisotopic (exact) mass is 372 g/mol.